The zero-order valence-corrected chi connectivity index (χ0v) is 8.83. The van der Waals surface area contributed by atoms with Crippen molar-refractivity contribution in [1.82, 2.24) is 10.3 Å². The molecule has 0 atom stereocenters. The van der Waals surface area contributed by atoms with Crippen LogP contribution in [0.3, 0.4) is 0 Å². The van der Waals surface area contributed by atoms with Crippen molar-refractivity contribution >= 4 is 5.91 Å². The minimum atomic E-state index is -0.468. The van der Waals surface area contributed by atoms with E-state index < -0.39 is 5.54 Å². The summed E-state index contributed by atoms with van der Waals surface area (Å²) in [6.07, 6.45) is 0. The fourth-order valence-corrected chi connectivity index (χ4v) is 0.984. The van der Waals surface area contributed by atoms with Crippen molar-refractivity contribution < 1.29 is 4.79 Å². The maximum atomic E-state index is 11.5. The van der Waals surface area contributed by atoms with Crippen molar-refractivity contribution in [3.05, 3.63) is 34.2 Å². The summed E-state index contributed by atoms with van der Waals surface area (Å²) in [4.78, 5) is 24.9. The molecule has 0 bridgehead atoms. The molecule has 0 aromatic carbocycles. The molecular formula is C10H15N3O2. The second-order valence-electron chi connectivity index (χ2n) is 4.10. The number of hydrogen-bond acceptors (Lipinski definition) is 3. The number of hydrogen-bond donors (Lipinski definition) is 3. The lowest BCUT2D eigenvalue weighted by Crippen LogP contribution is -2.45. The molecule has 15 heavy (non-hydrogen) atoms. The van der Waals surface area contributed by atoms with Crippen molar-refractivity contribution in [3.8, 4) is 0 Å². The first-order valence-corrected chi connectivity index (χ1v) is 4.65. The minimum Gasteiger partial charge on any atom is -0.349 e. The zero-order valence-electron chi connectivity index (χ0n) is 8.83. The smallest absolute Gasteiger partial charge is 0.267 e. The summed E-state index contributed by atoms with van der Waals surface area (Å²) in [6.45, 7) is 3.96. The van der Waals surface area contributed by atoms with Gasteiger partial charge in [0.1, 0.15) is 5.69 Å². The quantitative estimate of drug-likeness (QED) is 0.646. The fraction of sp³-hybridized carbons (Fsp3) is 0.400. The third-order valence-corrected chi connectivity index (χ3v) is 1.72. The molecule has 0 aliphatic rings. The number of nitrogens with two attached hydrogens (primary N) is 1. The van der Waals surface area contributed by atoms with E-state index in [4.69, 9.17) is 5.73 Å². The minimum absolute atomic E-state index is 0.242. The summed E-state index contributed by atoms with van der Waals surface area (Å²) >= 11 is 0. The van der Waals surface area contributed by atoms with E-state index in [0.29, 0.717) is 6.54 Å². The van der Waals surface area contributed by atoms with Crippen LogP contribution in [0, 0.1) is 0 Å². The third kappa shape index (κ3) is 3.95. The van der Waals surface area contributed by atoms with Crippen LogP contribution in [0.15, 0.2) is 23.0 Å². The van der Waals surface area contributed by atoms with Crippen LogP contribution in [0.2, 0.25) is 0 Å². The highest BCUT2D eigenvalue weighted by Gasteiger charge is 2.13. The van der Waals surface area contributed by atoms with Gasteiger partial charge < -0.3 is 16.0 Å². The second kappa shape index (κ2) is 4.27. The normalized spacial score (nSPS) is 11.1. The number of rotatable bonds is 3. The number of pyridine rings is 1. The Morgan fingerprint density at radius 2 is 2.20 bits per heavy atom. The number of carbonyl (C=O) groups is 1. The standard InChI is InChI=1S/C10H15N3O2/c1-10(2,11)6-12-9(15)7-4-3-5-8(14)13-7/h3-5H,6,11H2,1-2H3,(H,12,15)(H,13,14). The Labute approximate surface area is 87.7 Å². The first-order valence-electron chi connectivity index (χ1n) is 4.65. The molecule has 0 saturated carbocycles. The topological polar surface area (TPSA) is 88.0 Å². The van der Waals surface area contributed by atoms with Crippen molar-refractivity contribution in [2.75, 3.05) is 6.54 Å². The molecule has 0 unspecified atom stereocenters. The highest BCUT2D eigenvalue weighted by molar-refractivity contribution is 5.92. The number of aromatic nitrogens is 1. The van der Waals surface area contributed by atoms with Gasteiger partial charge in [-0.15, -0.1) is 0 Å². The number of nitrogens with one attached hydrogen (secondary N) is 2. The highest BCUT2D eigenvalue weighted by atomic mass is 16.2. The lowest BCUT2D eigenvalue weighted by atomic mass is 10.1. The van der Waals surface area contributed by atoms with Crippen LogP contribution in [-0.2, 0) is 0 Å². The van der Waals surface area contributed by atoms with Crippen LogP contribution in [0.1, 0.15) is 24.3 Å². The molecule has 1 heterocycles. The van der Waals surface area contributed by atoms with Crippen molar-refractivity contribution in [2.24, 2.45) is 5.73 Å². The molecule has 82 valence electrons. The highest BCUT2D eigenvalue weighted by Crippen LogP contribution is 1.95. The second-order valence-corrected chi connectivity index (χ2v) is 4.10. The molecule has 1 rings (SSSR count). The van der Waals surface area contributed by atoms with Crippen LogP contribution in [0.4, 0.5) is 0 Å². The van der Waals surface area contributed by atoms with Gasteiger partial charge in [0.25, 0.3) is 5.91 Å². The predicted molar refractivity (Wildman–Crippen MR) is 57.7 cm³/mol. The molecule has 0 fully saturated rings. The summed E-state index contributed by atoms with van der Waals surface area (Å²) in [7, 11) is 0. The Morgan fingerprint density at radius 1 is 1.53 bits per heavy atom. The molecule has 0 saturated heterocycles. The Balaban J connectivity index is 2.66. The van der Waals surface area contributed by atoms with Crippen molar-refractivity contribution in [1.29, 1.82) is 0 Å². The first-order chi connectivity index (χ1) is 6.88. The van der Waals surface area contributed by atoms with E-state index in [0.717, 1.165) is 0 Å². The van der Waals surface area contributed by atoms with E-state index in [1.165, 1.54) is 12.1 Å². The largest absolute Gasteiger partial charge is 0.349 e. The van der Waals surface area contributed by atoms with E-state index >= 15 is 0 Å². The van der Waals surface area contributed by atoms with Gasteiger partial charge in [-0.2, -0.15) is 0 Å². The van der Waals surface area contributed by atoms with Crippen molar-refractivity contribution in [2.45, 2.75) is 19.4 Å². The number of aromatic amines is 1. The molecule has 0 aliphatic heterocycles. The summed E-state index contributed by atoms with van der Waals surface area (Å²) in [5.41, 5.74) is 5.18. The molecule has 0 spiro atoms. The molecule has 1 amide bonds. The molecule has 1 aromatic rings. The lowest BCUT2D eigenvalue weighted by molar-refractivity contribution is 0.0941. The molecule has 0 aliphatic carbocycles. The molecular weight excluding hydrogens is 194 g/mol. The van der Waals surface area contributed by atoms with Gasteiger partial charge >= 0.3 is 0 Å². The zero-order chi connectivity index (χ0) is 11.5. The number of H-pyrrole nitrogens is 1. The van der Waals surface area contributed by atoms with Gasteiger partial charge in [0.15, 0.2) is 0 Å². The SMILES string of the molecule is CC(C)(N)CNC(=O)c1cccc(=O)[nH]1. The van der Waals surface area contributed by atoms with Gasteiger partial charge in [0.2, 0.25) is 5.56 Å². The average Bonchev–Trinajstić information content (AvgIpc) is 2.13. The van der Waals surface area contributed by atoms with Gasteiger partial charge in [-0.25, -0.2) is 0 Å². The monoisotopic (exact) mass is 209 g/mol. The van der Waals surface area contributed by atoms with Crippen LogP contribution in [-0.4, -0.2) is 23.0 Å². The van der Waals surface area contributed by atoms with Gasteiger partial charge in [-0.1, -0.05) is 6.07 Å². The molecule has 5 nitrogen and oxygen atoms in total. The van der Waals surface area contributed by atoms with E-state index in [2.05, 4.69) is 10.3 Å². The maximum absolute atomic E-state index is 11.5. The van der Waals surface area contributed by atoms with Crippen LogP contribution >= 0.6 is 0 Å². The summed E-state index contributed by atoms with van der Waals surface area (Å²) < 4.78 is 0. The van der Waals surface area contributed by atoms with E-state index in [1.807, 2.05) is 0 Å². The Kier molecular flexibility index (Phi) is 3.26. The Hall–Kier alpha value is -1.62. The van der Waals surface area contributed by atoms with Crippen molar-refractivity contribution in [3.63, 3.8) is 0 Å². The summed E-state index contributed by atoms with van der Waals surface area (Å²) in [6, 6.07) is 4.42. The Morgan fingerprint density at radius 3 is 2.73 bits per heavy atom. The van der Waals surface area contributed by atoms with Crippen LogP contribution in [0.25, 0.3) is 0 Å². The predicted octanol–water partition coefficient (Wildman–Crippen LogP) is -0.158. The number of carbonyl (C=O) groups excluding carboxylic acids is 1. The number of amides is 1. The molecule has 4 N–H and O–H groups in total. The van der Waals surface area contributed by atoms with Gasteiger partial charge in [0.05, 0.1) is 0 Å². The fourth-order valence-electron chi connectivity index (χ4n) is 0.984. The van der Waals surface area contributed by atoms with Gasteiger partial charge in [-0.3, -0.25) is 9.59 Å². The summed E-state index contributed by atoms with van der Waals surface area (Å²) in [5.74, 6) is -0.328. The van der Waals surface area contributed by atoms with E-state index in [-0.39, 0.29) is 17.2 Å². The van der Waals surface area contributed by atoms with E-state index in [1.54, 1.807) is 19.9 Å². The third-order valence-electron chi connectivity index (χ3n) is 1.72. The van der Waals surface area contributed by atoms with Crippen LogP contribution < -0.4 is 16.6 Å². The summed E-state index contributed by atoms with van der Waals surface area (Å²) in [5, 5.41) is 2.63. The average molecular weight is 209 g/mol. The van der Waals surface area contributed by atoms with Gasteiger partial charge in [-0.05, 0) is 19.9 Å². The molecule has 5 heteroatoms. The lowest BCUT2D eigenvalue weighted by Gasteiger charge is -2.18. The van der Waals surface area contributed by atoms with Crippen LogP contribution in [0.5, 0.6) is 0 Å². The maximum Gasteiger partial charge on any atom is 0.267 e. The molecule has 0 radical (unpaired) electrons. The van der Waals surface area contributed by atoms with Gasteiger partial charge in [0, 0.05) is 18.2 Å². The first kappa shape index (κ1) is 11.5. The Bertz CT molecular complexity index is 404. The molecule has 1 aromatic heterocycles. The van der Waals surface area contributed by atoms with E-state index in [9.17, 15) is 9.59 Å².